The van der Waals surface area contributed by atoms with Crippen molar-refractivity contribution in [1.29, 1.82) is 0 Å². The van der Waals surface area contributed by atoms with Crippen molar-refractivity contribution in [3.63, 3.8) is 0 Å². The molecule has 0 saturated heterocycles. The molecule has 6 nitrogen and oxygen atoms in total. The van der Waals surface area contributed by atoms with Crippen molar-refractivity contribution in [2.24, 2.45) is 0 Å². The molecule has 0 spiro atoms. The summed E-state index contributed by atoms with van der Waals surface area (Å²) in [6.07, 6.45) is -0.0745. The number of aryl methyl sites for hydroxylation is 1. The SMILES string of the molecule is COc1ccc(C(=O)Cc2nnc(C)[nH]c2=O)cc1. The van der Waals surface area contributed by atoms with Crippen molar-refractivity contribution in [2.45, 2.75) is 13.3 Å². The summed E-state index contributed by atoms with van der Waals surface area (Å²) in [4.78, 5) is 26.1. The molecule has 0 amide bonds. The first kappa shape index (κ1) is 12.9. The zero-order valence-corrected chi connectivity index (χ0v) is 10.6. The van der Waals surface area contributed by atoms with Gasteiger partial charge in [-0.15, -0.1) is 10.2 Å². The molecule has 2 aromatic rings. The number of benzene rings is 1. The monoisotopic (exact) mass is 259 g/mol. The smallest absolute Gasteiger partial charge is 0.273 e. The fourth-order valence-electron chi connectivity index (χ4n) is 1.59. The number of carbonyl (C=O) groups excluding carboxylic acids is 1. The first-order valence-corrected chi connectivity index (χ1v) is 5.70. The highest BCUT2D eigenvalue weighted by Gasteiger charge is 2.11. The number of carbonyl (C=O) groups is 1. The van der Waals surface area contributed by atoms with Crippen LogP contribution in [0.3, 0.4) is 0 Å². The second-order valence-corrected chi connectivity index (χ2v) is 4.01. The van der Waals surface area contributed by atoms with Crippen molar-refractivity contribution in [1.82, 2.24) is 15.2 Å². The first-order chi connectivity index (χ1) is 9.10. The van der Waals surface area contributed by atoms with Gasteiger partial charge in [0.25, 0.3) is 5.56 Å². The molecule has 6 heteroatoms. The number of H-pyrrole nitrogens is 1. The largest absolute Gasteiger partial charge is 0.497 e. The molecule has 0 radical (unpaired) electrons. The van der Waals surface area contributed by atoms with Crippen LogP contribution >= 0.6 is 0 Å². The zero-order chi connectivity index (χ0) is 13.8. The van der Waals surface area contributed by atoms with Crippen molar-refractivity contribution in [3.8, 4) is 5.75 Å². The number of nitrogens with zero attached hydrogens (tertiary/aromatic N) is 2. The minimum absolute atomic E-state index is 0.0745. The number of hydrogen-bond donors (Lipinski definition) is 1. The molecule has 1 aromatic carbocycles. The normalized spacial score (nSPS) is 10.2. The topological polar surface area (TPSA) is 84.9 Å². The maximum absolute atomic E-state index is 12.0. The number of rotatable bonds is 4. The Morgan fingerprint density at radius 2 is 1.95 bits per heavy atom. The highest BCUT2D eigenvalue weighted by Crippen LogP contribution is 2.12. The van der Waals surface area contributed by atoms with Crippen molar-refractivity contribution < 1.29 is 9.53 Å². The molecule has 1 aromatic heterocycles. The van der Waals surface area contributed by atoms with E-state index >= 15 is 0 Å². The molecule has 0 fully saturated rings. The maximum atomic E-state index is 12.0. The van der Waals surface area contributed by atoms with Gasteiger partial charge in [-0.1, -0.05) is 0 Å². The van der Waals surface area contributed by atoms with E-state index in [-0.39, 0.29) is 23.5 Å². The summed E-state index contributed by atoms with van der Waals surface area (Å²) in [5, 5.41) is 7.47. The van der Waals surface area contributed by atoms with Crippen molar-refractivity contribution in [2.75, 3.05) is 7.11 Å². The number of hydrogen-bond acceptors (Lipinski definition) is 5. The summed E-state index contributed by atoms with van der Waals surface area (Å²) in [6.45, 7) is 1.63. The lowest BCUT2D eigenvalue weighted by Crippen LogP contribution is -2.21. The van der Waals surface area contributed by atoms with Crippen LogP contribution in [0.25, 0.3) is 0 Å². The van der Waals surface area contributed by atoms with Gasteiger partial charge < -0.3 is 9.72 Å². The van der Waals surface area contributed by atoms with Crippen LogP contribution in [0.15, 0.2) is 29.1 Å². The average Bonchev–Trinajstić information content (AvgIpc) is 2.42. The lowest BCUT2D eigenvalue weighted by molar-refractivity contribution is 0.0991. The van der Waals surface area contributed by atoms with Gasteiger partial charge in [0.1, 0.15) is 17.3 Å². The summed E-state index contributed by atoms with van der Waals surface area (Å²) in [5.41, 5.74) is 0.239. The Morgan fingerprint density at radius 1 is 1.26 bits per heavy atom. The van der Waals surface area contributed by atoms with Gasteiger partial charge in [0, 0.05) is 5.56 Å². The third-order valence-electron chi connectivity index (χ3n) is 2.62. The molecular weight excluding hydrogens is 246 g/mol. The van der Waals surface area contributed by atoms with E-state index in [2.05, 4.69) is 15.2 Å². The lowest BCUT2D eigenvalue weighted by Gasteiger charge is -2.02. The first-order valence-electron chi connectivity index (χ1n) is 5.70. The summed E-state index contributed by atoms with van der Waals surface area (Å²) in [5.74, 6) is 0.904. The maximum Gasteiger partial charge on any atom is 0.273 e. The van der Waals surface area contributed by atoms with Gasteiger partial charge in [-0.2, -0.15) is 0 Å². The molecule has 0 unspecified atom stereocenters. The second kappa shape index (κ2) is 5.43. The van der Waals surface area contributed by atoms with Crippen LogP contribution < -0.4 is 10.3 Å². The van der Waals surface area contributed by atoms with Gasteiger partial charge in [0.15, 0.2) is 5.78 Å². The molecule has 0 atom stereocenters. The van der Waals surface area contributed by atoms with E-state index in [1.165, 1.54) is 0 Å². The molecule has 1 heterocycles. The van der Waals surface area contributed by atoms with Gasteiger partial charge >= 0.3 is 0 Å². The molecule has 0 aliphatic carbocycles. The average molecular weight is 259 g/mol. The predicted molar refractivity (Wildman–Crippen MR) is 68.4 cm³/mol. The molecule has 2 rings (SSSR count). The summed E-state index contributed by atoms with van der Waals surface area (Å²) >= 11 is 0. The fraction of sp³-hybridized carbons (Fsp3) is 0.231. The van der Waals surface area contributed by atoms with E-state index in [9.17, 15) is 9.59 Å². The Hall–Kier alpha value is -2.50. The molecule has 98 valence electrons. The van der Waals surface area contributed by atoms with Crippen LogP contribution in [-0.4, -0.2) is 28.1 Å². The number of aromatic amines is 1. The minimum Gasteiger partial charge on any atom is -0.497 e. The van der Waals surface area contributed by atoms with Gasteiger partial charge in [-0.25, -0.2) is 0 Å². The van der Waals surface area contributed by atoms with Crippen LogP contribution in [0.4, 0.5) is 0 Å². The molecule has 0 saturated carbocycles. The van der Waals surface area contributed by atoms with Gasteiger partial charge in [-0.3, -0.25) is 9.59 Å². The fourth-order valence-corrected chi connectivity index (χ4v) is 1.59. The third-order valence-corrected chi connectivity index (χ3v) is 2.62. The van der Waals surface area contributed by atoms with Crippen molar-refractivity contribution in [3.05, 3.63) is 51.7 Å². The molecule has 0 aliphatic heterocycles. The number of methoxy groups -OCH3 is 1. The van der Waals surface area contributed by atoms with E-state index in [4.69, 9.17) is 4.74 Å². The summed E-state index contributed by atoms with van der Waals surface area (Å²) in [6, 6.07) is 6.69. The van der Waals surface area contributed by atoms with E-state index < -0.39 is 0 Å². The molecular formula is C13H13N3O3. The lowest BCUT2D eigenvalue weighted by atomic mass is 10.1. The van der Waals surface area contributed by atoms with Gasteiger partial charge in [0.2, 0.25) is 0 Å². The van der Waals surface area contributed by atoms with Crippen LogP contribution in [0.2, 0.25) is 0 Å². The van der Waals surface area contributed by atoms with E-state index in [1.54, 1.807) is 38.3 Å². The number of Topliss-reactive ketones (excluding diaryl/α,β-unsaturated/α-hetero) is 1. The minimum atomic E-state index is -0.380. The van der Waals surface area contributed by atoms with Crippen LogP contribution in [-0.2, 0) is 6.42 Å². The second-order valence-electron chi connectivity index (χ2n) is 4.01. The number of nitrogens with one attached hydrogen (secondary N) is 1. The number of aromatic nitrogens is 3. The van der Waals surface area contributed by atoms with Crippen LogP contribution in [0, 0.1) is 6.92 Å². The highest BCUT2D eigenvalue weighted by atomic mass is 16.5. The Kier molecular flexibility index (Phi) is 3.70. The molecule has 0 aliphatic rings. The Labute approximate surface area is 109 Å². The summed E-state index contributed by atoms with van der Waals surface area (Å²) < 4.78 is 5.01. The van der Waals surface area contributed by atoms with E-state index in [0.717, 1.165) is 0 Å². The van der Waals surface area contributed by atoms with Crippen LogP contribution in [0.5, 0.6) is 5.75 Å². The summed E-state index contributed by atoms with van der Waals surface area (Å²) in [7, 11) is 1.55. The van der Waals surface area contributed by atoms with Crippen LogP contribution in [0.1, 0.15) is 21.9 Å². The molecule has 19 heavy (non-hydrogen) atoms. The molecule has 1 N–H and O–H groups in total. The number of ether oxygens (including phenoxy) is 1. The highest BCUT2D eigenvalue weighted by molar-refractivity contribution is 5.97. The third kappa shape index (κ3) is 3.04. The quantitative estimate of drug-likeness (QED) is 0.825. The number of ketones is 1. The Bertz CT molecular complexity index is 647. The zero-order valence-electron chi connectivity index (χ0n) is 10.6. The predicted octanol–water partition coefficient (Wildman–Crippen LogP) is 0.907. The van der Waals surface area contributed by atoms with Gasteiger partial charge in [-0.05, 0) is 31.2 Å². The molecule has 0 bridgehead atoms. The van der Waals surface area contributed by atoms with Crippen molar-refractivity contribution >= 4 is 5.78 Å². The van der Waals surface area contributed by atoms with Gasteiger partial charge in [0.05, 0.1) is 13.5 Å². The standard InChI is InChI=1S/C13H13N3O3/c1-8-14-13(18)11(16-15-8)7-12(17)9-3-5-10(19-2)6-4-9/h3-6H,7H2,1-2H3,(H,14,15,18). The Morgan fingerprint density at radius 3 is 2.53 bits per heavy atom. The van der Waals surface area contributed by atoms with E-state index in [1.807, 2.05) is 0 Å². The Balaban J connectivity index is 2.18. The van der Waals surface area contributed by atoms with E-state index in [0.29, 0.717) is 17.1 Å².